The van der Waals surface area contributed by atoms with Gasteiger partial charge in [-0.3, -0.25) is 4.98 Å². The molecule has 0 bridgehead atoms. The predicted octanol–water partition coefficient (Wildman–Crippen LogP) is 2.84. The summed E-state index contributed by atoms with van der Waals surface area (Å²) in [6.45, 7) is 0. The fourth-order valence-corrected chi connectivity index (χ4v) is 2.76. The first kappa shape index (κ1) is 11.6. The Morgan fingerprint density at radius 3 is 2.72 bits per heavy atom. The van der Waals surface area contributed by atoms with Gasteiger partial charge < -0.3 is 9.84 Å². The molecule has 94 valence electrons. The number of aliphatic hydroxyl groups excluding tert-OH is 1. The molecule has 1 unspecified atom stereocenters. The highest BCUT2D eigenvalue weighted by Gasteiger charge is 2.45. The molecule has 0 aliphatic heterocycles. The van der Waals surface area contributed by atoms with Crippen LogP contribution < -0.4 is 0 Å². The first-order valence-corrected chi connectivity index (χ1v) is 6.33. The number of nitrogens with zero attached hydrogens (tertiary/aromatic N) is 1. The highest BCUT2D eigenvalue weighted by molar-refractivity contribution is 5.85. The highest BCUT2D eigenvalue weighted by atomic mass is 16.5. The van der Waals surface area contributed by atoms with Gasteiger partial charge in [-0.05, 0) is 24.6 Å². The first-order chi connectivity index (χ1) is 8.77. The van der Waals surface area contributed by atoms with Gasteiger partial charge in [-0.2, -0.15) is 0 Å². The van der Waals surface area contributed by atoms with Crippen molar-refractivity contribution in [2.45, 2.75) is 31.0 Å². The number of aliphatic hydroxyl groups is 1. The lowest BCUT2D eigenvalue weighted by Gasteiger charge is -2.44. The van der Waals surface area contributed by atoms with Crippen LogP contribution in [0.3, 0.4) is 0 Å². The topological polar surface area (TPSA) is 42.4 Å². The number of aromatic nitrogens is 1. The van der Waals surface area contributed by atoms with E-state index in [0.29, 0.717) is 0 Å². The van der Waals surface area contributed by atoms with Gasteiger partial charge in [-0.1, -0.05) is 24.3 Å². The monoisotopic (exact) mass is 243 g/mol. The second-order valence-electron chi connectivity index (χ2n) is 4.97. The Morgan fingerprint density at radius 2 is 2.06 bits per heavy atom. The largest absolute Gasteiger partial charge is 0.385 e. The van der Waals surface area contributed by atoms with E-state index in [4.69, 9.17) is 4.74 Å². The van der Waals surface area contributed by atoms with E-state index >= 15 is 0 Å². The standard InChI is InChI=1S/C15H17NO2/c1-18-15(7-4-8-15)14(17)13-10-16-9-11-5-2-3-6-12(11)13/h2-3,5-6,9-10,14,17H,4,7-8H2,1H3. The molecule has 3 nitrogen and oxygen atoms in total. The third-order valence-electron chi connectivity index (χ3n) is 4.10. The maximum absolute atomic E-state index is 10.6. The molecule has 1 fully saturated rings. The molecule has 1 aliphatic carbocycles. The first-order valence-electron chi connectivity index (χ1n) is 6.33. The molecule has 2 aromatic rings. The van der Waals surface area contributed by atoms with E-state index in [1.165, 1.54) is 0 Å². The van der Waals surface area contributed by atoms with E-state index in [2.05, 4.69) is 4.98 Å². The summed E-state index contributed by atoms with van der Waals surface area (Å²) in [5.74, 6) is 0. The average molecular weight is 243 g/mol. The molecule has 0 spiro atoms. The van der Waals surface area contributed by atoms with Crippen LogP contribution in [0.15, 0.2) is 36.7 Å². The van der Waals surface area contributed by atoms with Crippen LogP contribution in [0.2, 0.25) is 0 Å². The number of hydrogen-bond acceptors (Lipinski definition) is 3. The Labute approximate surface area is 106 Å². The lowest BCUT2D eigenvalue weighted by atomic mass is 9.73. The van der Waals surface area contributed by atoms with Crippen LogP contribution >= 0.6 is 0 Å². The van der Waals surface area contributed by atoms with Gasteiger partial charge in [0.05, 0.1) is 5.60 Å². The van der Waals surface area contributed by atoms with Crippen LogP contribution in [0.5, 0.6) is 0 Å². The van der Waals surface area contributed by atoms with Gasteiger partial charge in [0.25, 0.3) is 0 Å². The summed E-state index contributed by atoms with van der Waals surface area (Å²) < 4.78 is 5.56. The molecule has 1 N–H and O–H groups in total. The molecular formula is C15H17NO2. The number of hydrogen-bond donors (Lipinski definition) is 1. The van der Waals surface area contributed by atoms with E-state index in [1.54, 1.807) is 13.3 Å². The van der Waals surface area contributed by atoms with Crippen molar-refractivity contribution in [1.29, 1.82) is 0 Å². The minimum Gasteiger partial charge on any atom is -0.385 e. The molecular weight excluding hydrogens is 226 g/mol. The zero-order valence-corrected chi connectivity index (χ0v) is 10.5. The Kier molecular flexibility index (Phi) is 2.80. The summed E-state index contributed by atoms with van der Waals surface area (Å²) >= 11 is 0. The number of fused-ring (bicyclic) bond motifs is 1. The van der Waals surface area contributed by atoms with Crippen LogP contribution in [-0.2, 0) is 4.74 Å². The quantitative estimate of drug-likeness (QED) is 0.901. The van der Waals surface area contributed by atoms with Crippen LogP contribution in [0.1, 0.15) is 30.9 Å². The van der Waals surface area contributed by atoms with Gasteiger partial charge in [0.15, 0.2) is 0 Å². The number of methoxy groups -OCH3 is 1. The fourth-order valence-electron chi connectivity index (χ4n) is 2.76. The van der Waals surface area contributed by atoms with Crippen molar-refractivity contribution in [2.24, 2.45) is 0 Å². The number of benzene rings is 1. The summed E-state index contributed by atoms with van der Waals surface area (Å²) in [4.78, 5) is 4.22. The van der Waals surface area contributed by atoms with Crippen molar-refractivity contribution in [3.8, 4) is 0 Å². The van der Waals surface area contributed by atoms with Gasteiger partial charge in [0.2, 0.25) is 0 Å². The Hall–Kier alpha value is -1.45. The van der Waals surface area contributed by atoms with E-state index in [-0.39, 0.29) is 0 Å². The summed E-state index contributed by atoms with van der Waals surface area (Å²) in [6.07, 6.45) is 5.91. The number of ether oxygens (including phenoxy) is 1. The highest BCUT2D eigenvalue weighted by Crippen LogP contribution is 2.45. The average Bonchev–Trinajstić information content (AvgIpc) is 2.37. The third-order valence-corrected chi connectivity index (χ3v) is 4.10. The summed E-state index contributed by atoms with van der Waals surface area (Å²) in [6, 6.07) is 8.00. The van der Waals surface area contributed by atoms with Crippen molar-refractivity contribution in [3.05, 3.63) is 42.2 Å². The van der Waals surface area contributed by atoms with Gasteiger partial charge in [-0.25, -0.2) is 0 Å². The molecule has 1 aliphatic rings. The molecule has 3 heteroatoms. The van der Waals surface area contributed by atoms with Crippen LogP contribution in [0.25, 0.3) is 10.8 Å². The van der Waals surface area contributed by atoms with Crippen molar-refractivity contribution in [3.63, 3.8) is 0 Å². The lowest BCUT2D eigenvalue weighted by Crippen LogP contribution is -2.45. The van der Waals surface area contributed by atoms with E-state index < -0.39 is 11.7 Å². The van der Waals surface area contributed by atoms with Crippen LogP contribution in [0, 0.1) is 0 Å². The Balaban J connectivity index is 2.09. The minimum absolute atomic E-state index is 0.411. The van der Waals surface area contributed by atoms with Gasteiger partial charge in [0.1, 0.15) is 6.10 Å². The van der Waals surface area contributed by atoms with E-state index in [1.807, 2.05) is 30.5 Å². The van der Waals surface area contributed by atoms with Crippen LogP contribution in [0.4, 0.5) is 0 Å². The third kappa shape index (κ3) is 1.62. The zero-order valence-electron chi connectivity index (χ0n) is 10.5. The maximum atomic E-state index is 10.6. The summed E-state index contributed by atoms with van der Waals surface area (Å²) in [5.41, 5.74) is 0.459. The lowest BCUT2D eigenvalue weighted by molar-refractivity contribution is -0.151. The van der Waals surface area contributed by atoms with Gasteiger partial charge >= 0.3 is 0 Å². The minimum atomic E-state index is -0.602. The second-order valence-corrected chi connectivity index (χ2v) is 4.97. The number of pyridine rings is 1. The zero-order chi connectivity index (χ0) is 12.6. The van der Waals surface area contributed by atoms with Crippen molar-refractivity contribution < 1.29 is 9.84 Å². The molecule has 1 aromatic carbocycles. The number of rotatable bonds is 3. The summed E-state index contributed by atoms with van der Waals surface area (Å²) in [5, 5.41) is 12.7. The van der Waals surface area contributed by atoms with Crippen LogP contribution in [-0.4, -0.2) is 22.8 Å². The van der Waals surface area contributed by atoms with Gasteiger partial charge in [0, 0.05) is 30.5 Å². The smallest absolute Gasteiger partial charge is 0.110 e. The molecule has 1 saturated carbocycles. The molecule has 18 heavy (non-hydrogen) atoms. The molecule has 0 saturated heterocycles. The second kappa shape index (κ2) is 4.34. The Bertz CT molecular complexity index is 552. The van der Waals surface area contributed by atoms with Crippen molar-refractivity contribution in [2.75, 3.05) is 7.11 Å². The molecule has 0 amide bonds. The molecule has 1 heterocycles. The molecule has 1 atom stereocenters. The van der Waals surface area contributed by atoms with E-state index in [9.17, 15) is 5.11 Å². The summed E-state index contributed by atoms with van der Waals surface area (Å²) in [7, 11) is 1.68. The normalized spacial score (nSPS) is 19.4. The predicted molar refractivity (Wildman–Crippen MR) is 70.3 cm³/mol. The van der Waals surface area contributed by atoms with Crippen molar-refractivity contribution >= 4 is 10.8 Å². The fraction of sp³-hybridized carbons (Fsp3) is 0.400. The molecule has 1 aromatic heterocycles. The van der Waals surface area contributed by atoms with Gasteiger partial charge in [-0.15, -0.1) is 0 Å². The maximum Gasteiger partial charge on any atom is 0.110 e. The van der Waals surface area contributed by atoms with Crippen molar-refractivity contribution in [1.82, 2.24) is 4.98 Å². The SMILES string of the molecule is COC1(C(O)c2cncc3ccccc23)CCC1. The van der Waals surface area contributed by atoms with E-state index in [0.717, 1.165) is 35.6 Å². The Morgan fingerprint density at radius 1 is 1.28 bits per heavy atom. The molecule has 0 radical (unpaired) electrons. The molecule has 3 rings (SSSR count).